The second-order valence-corrected chi connectivity index (χ2v) is 5.41. The smallest absolute Gasteiger partial charge is 0.0931 e. The van der Waals surface area contributed by atoms with Crippen LogP contribution < -0.4 is 0 Å². The zero-order chi connectivity index (χ0) is 9.54. The Bertz CT molecular complexity index is 299. The standard InChI is InChI=1S/C11H15NOS/c13-11(9-5-6-12-14-9)10-7-3-1-2-4-8(7)10/h5-8,10-11,13H,1-4H2. The predicted octanol–water partition coefficient (Wildman–Crippen LogP) is 2.61. The van der Waals surface area contributed by atoms with Gasteiger partial charge in [0.1, 0.15) is 0 Å². The molecule has 1 N–H and O–H groups in total. The molecular formula is C11H15NOS. The molecule has 1 aromatic heterocycles. The van der Waals surface area contributed by atoms with Gasteiger partial charge >= 0.3 is 0 Å². The van der Waals surface area contributed by atoms with Crippen molar-refractivity contribution in [1.82, 2.24) is 4.37 Å². The van der Waals surface area contributed by atoms with Gasteiger partial charge in [0.15, 0.2) is 0 Å². The first-order valence-electron chi connectivity index (χ1n) is 5.46. The van der Waals surface area contributed by atoms with Gasteiger partial charge in [0.2, 0.25) is 0 Å². The maximum absolute atomic E-state index is 10.2. The fourth-order valence-electron chi connectivity index (χ4n) is 3.08. The molecule has 14 heavy (non-hydrogen) atoms. The summed E-state index contributed by atoms with van der Waals surface area (Å²) in [7, 11) is 0. The number of rotatable bonds is 2. The minimum Gasteiger partial charge on any atom is -0.387 e. The Morgan fingerprint density at radius 3 is 2.64 bits per heavy atom. The third-order valence-corrected chi connectivity index (χ3v) is 4.65. The van der Waals surface area contributed by atoms with Crippen molar-refractivity contribution in [3.05, 3.63) is 17.1 Å². The number of aliphatic hydroxyl groups excluding tert-OH is 1. The van der Waals surface area contributed by atoms with Crippen LogP contribution in [0.4, 0.5) is 0 Å². The molecule has 1 heterocycles. The van der Waals surface area contributed by atoms with Gasteiger partial charge in [-0.15, -0.1) is 0 Å². The molecule has 0 bridgehead atoms. The lowest BCUT2D eigenvalue weighted by Crippen LogP contribution is -1.99. The van der Waals surface area contributed by atoms with Gasteiger partial charge in [-0.3, -0.25) is 0 Å². The quantitative estimate of drug-likeness (QED) is 0.812. The van der Waals surface area contributed by atoms with Crippen LogP contribution in [0.5, 0.6) is 0 Å². The zero-order valence-electron chi connectivity index (χ0n) is 8.10. The second-order valence-electron chi connectivity index (χ2n) is 4.55. The average molecular weight is 209 g/mol. The average Bonchev–Trinajstić information content (AvgIpc) is 2.70. The summed E-state index contributed by atoms with van der Waals surface area (Å²) in [5.41, 5.74) is 0. The van der Waals surface area contributed by atoms with Gasteiger partial charge < -0.3 is 5.11 Å². The molecule has 76 valence electrons. The molecule has 0 amide bonds. The van der Waals surface area contributed by atoms with Crippen LogP contribution in [0.15, 0.2) is 12.3 Å². The van der Waals surface area contributed by atoms with E-state index in [2.05, 4.69) is 4.37 Å². The van der Waals surface area contributed by atoms with Crippen molar-refractivity contribution in [1.29, 1.82) is 0 Å². The molecule has 3 atom stereocenters. The molecule has 3 unspecified atom stereocenters. The highest BCUT2D eigenvalue weighted by molar-refractivity contribution is 7.05. The van der Waals surface area contributed by atoms with Gasteiger partial charge in [-0.25, -0.2) is 4.37 Å². The molecule has 2 nitrogen and oxygen atoms in total. The Hall–Kier alpha value is -0.410. The molecule has 2 aliphatic rings. The lowest BCUT2D eigenvalue weighted by molar-refractivity contribution is 0.146. The minimum absolute atomic E-state index is 0.226. The van der Waals surface area contributed by atoms with Crippen molar-refractivity contribution < 1.29 is 5.11 Å². The summed E-state index contributed by atoms with van der Waals surface area (Å²) < 4.78 is 4.05. The maximum Gasteiger partial charge on any atom is 0.0931 e. The van der Waals surface area contributed by atoms with E-state index in [-0.39, 0.29) is 6.10 Å². The van der Waals surface area contributed by atoms with Crippen molar-refractivity contribution in [2.75, 3.05) is 0 Å². The van der Waals surface area contributed by atoms with Crippen LogP contribution in [0.25, 0.3) is 0 Å². The van der Waals surface area contributed by atoms with Crippen molar-refractivity contribution >= 4 is 11.5 Å². The highest BCUT2D eigenvalue weighted by Gasteiger charge is 2.54. The molecule has 1 aromatic rings. The number of fused-ring (bicyclic) bond motifs is 1. The van der Waals surface area contributed by atoms with E-state index in [0.717, 1.165) is 16.7 Å². The van der Waals surface area contributed by atoms with E-state index in [0.29, 0.717) is 5.92 Å². The largest absolute Gasteiger partial charge is 0.387 e. The normalized spacial score (nSPS) is 37.6. The van der Waals surface area contributed by atoms with E-state index in [1.165, 1.54) is 37.2 Å². The molecule has 0 aromatic carbocycles. The van der Waals surface area contributed by atoms with Gasteiger partial charge in [0.25, 0.3) is 0 Å². The highest BCUT2D eigenvalue weighted by atomic mass is 32.1. The zero-order valence-corrected chi connectivity index (χ0v) is 8.91. The SMILES string of the molecule is OC(c1ccns1)C1C2CCCCC21. The van der Waals surface area contributed by atoms with Crippen LogP contribution in [0.2, 0.25) is 0 Å². The molecule has 0 radical (unpaired) electrons. The summed E-state index contributed by atoms with van der Waals surface area (Å²) in [4.78, 5) is 1.06. The number of hydrogen-bond acceptors (Lipinski definition) is 3. The molecule has 3 heteroatoms. The van der Waals surface area contributed by atoms with Gasteiger partial charge in [0.05, 0.1) is 11.0 Å². The summed E-state index contributed by atoms with van der Waals surface area (Å²) in [6.45, 7) is 0. The molecular weight excluding hydrogens is 194 g/mol. The van der Waals surface area contributed by atoms with Crippen LogP contribution >= 0.6 is 11.5 Å². The van der Waals surface area contributed by atoms with Gasteiger partial charge in [0, 0.05) is 6.20 Å². The number of aliphatic hydroxyl groups is 1. The topological polar surface area (TPSA) is 33.1 Å². The Morgan fingerprint density at radius 1 is 1.36 bits per heavy atom. The molecule has 2 aliphatic carbocycles. The van der Waals surface area contributed by atoms with Crippen LogP contribution in [0, 0.1) is 17.8 Å². The van der Waals surface area contributed by atoms with Crippen molar-refractivity contribution in [3.63, 3.8) is 0 Å². The number of hydrogen-bond donors (Lipinski definition) is 1. The molecule has 2 fully saturated rings. The van der Waals surface area contributed by atoms with E-state index in [1.54, 1.807) is 6.20 Å². The molecule has 2 saturated carbocycles. The Morgan fingerprint density at radius 2 is 2.07 bits per heavy atom. The Kier molecular flexibility index (Phi) is 2.10. The molecule has 3 rings (SSSR count). The van der Waals surface area contributed by atoms with E-state index < -0.39 is 0 Å². The van der Waals surface area contributed by atoms with Crippen molar-refractivity contribution in [3.8, 4) is 0 Å². The summed E-state index contributed by atoms with van der Waals surface area (Å²) in [6, 6.07) is 1.96. The number of aromatic nitrogens is 1. The third-order valence-electron chi connectivity index (χ3n) is 3.84. The van der Waals surface area contributed by atoms with E-state index in [1.807, 2.05) is 6.07 Å². The fraction of sp³-hybridized carbons (Fsp3) is 0.727. The third kappa shape index (κ3) is 1.30. The first kappa shape index (κ1) is 8.86. The number of nitrogens with zero attached hydrogens (tertiary/aromatic N) is 1. The minimum atomic E-state index is -0.226. The first-order valence-corrected chi connectivity index (χ1v) is 6.24. The van der Waals surface area contributed by atoms with Crippen molar-refractivity contribution in [2.24, 2.45) is 17.8 Å². The van der Waals surface area contributed by atoms with Crippen LogP contribution in [-0.2, 0) is 0 Å². The second kappa shape index (κ2) is 3.31. The maximum atomic E-state index is 10.2. The van der Waals surface area contributed by atoms with E-state index in [4.69, 9.17) is 0 Å². The summed E-state index contributed by atoms with van der Waals surface area (Å²) in [5, 5.41) is 10.2. The van der Waals surface area contributed by atoms with E-state index >= 15 is 0 Å². The van der Waals surface area contributed by atoms with Gasteiger partial charge in [-0.2, -0.15) is 0 Å². The lowest BCUT2D eigenvalue weighted by Gasteiger charge is -2.05. The lowest BCUT2D eigenvalue weighted by atomic mass is 10.0. The highest BCUT2D eigenvalue weighted by Crippen LogP contribution is 2.60. The van der Waals surface area contributed by atoms with E-state index in [9.17, 15) is 5.11 Å². The van der Waals surface area contributed by atoms with Crippen LogP contribution in [0.3, 0.4) is 0 Å². The van der Waals surface area contributed by atoms with Gasteiger partial charge in [-0.1, -0.05) is 12.8 Å². The van der Waals surface area contributed by atoms with Crippen molar-refractivity contribution in [2.45, 2.75) is 31.8 Å². The summed E-state index contributed by atoms with van der Waals surface area (Å²) in [6.07, 6.45) is 6.97. The molecule has 0 aliphatic heterocycles. The van der Waals surface area contributed by atoms with Gasteiger partial charge in [-0.05, 0) is 48.2 Å². The summed E-state index contributed by atoms with van der Waals surface area (Å²) in [5.74, 6) is 2.19. The first-order chi connectivity index (χ1) is 6.88. The Labute approximate surface area is 88.1 Å². The van der Waals surface area contributed by atoms with Crippen LogP contribution in [0.1, 0.15) is 36.7 Å². The molecule has 0 spiro atoms. The predicted molar refractivity (Wildman–Crippen MR) is 56.0 cm³/mol. The fourth-order valence-corrected chi connectivity index (χ4v) is 3.71. The van der Waals surface area contributed by atoms with Crippen LogP contribution in [-0.4, -0.2) is 9.48 Å². The summed E-state index contributed by atoms with van der Waals surface area (Å²) >= 11 is 1.44. The molecule has 0 saturated heterocycles. The Balaban J connectivity index is 1.72. The monoisotopic (exact) mass is 209 g/mol.